The van der Waals surface area contributed by atoms with Gasteiger partial charge in [0, 0.05) is 13.2 Å². The molecule has 18 heavy (non-hydrogen) atoms. The van der Waals surface area contributed by atoms with Crippen LogP contribution in [0.15, 0.2) is 30.5 Å². The van der Waals surface area contributed by atoms with E-state index >= 15 is 0 Å². The van der Waals surface area contributed by atoms with Crippen LogP contribution in [0, 0.1) is 0 Å². The van der Waals surface area contributed by atoms with Gasteiger partial charge in [0.25, 0.3) is 0 Å². The molecule has 0 amide bonds. The quantitative estimate of drug-likeness (QED) is 0.812. The Morgan fingerprint density at radius 1 is 1.17 bits per heavy atom. The van der Waals surface area contributed by atoms with Gasteiger partial charge < -0.3 is 4.74 Å². The Morgan fingerprint density at radius 2 is 1.89 bits per heavy atom. The van der Waals surface area contributed by atoms with Crippen LogP contribution in [-0.2, 0) is 19.9 Å². The summed E-state index contributed by atoms with van der Waals surface area (Å²) in [6.07, 6.45) is 4.06. The number of ether oxygens (including phenoxy) is 1. The van der Waals surface area contributed by atoms with Gasteiger partial charge in [-0.1, -0.05) is 17.3 Å². The zero-order valence-electron chi connectivity index (χ0n) is 11.1. The van der Waals surface area contributed by atoms with Gasteiger partial charge in [0.2, 0.25) is 0 Å². The van der Waals surface area contributed by atoms with E-state index in [4.69, 9.17) is 4.74 Å². The van der Waals surface area contributed by atoms with E-state index < -0.39 is 0 Å². The number of rotatable bonds is 5. The first kappa shape index (κ1) is 12.6. The van der Waals surface area contributed by atoms with E-state index in [0.717, 1.165) is 24.3 Å². The van der Waals surface area contributed by atoms with Gasteiger partial charge in [-0.3, -0.25) is 4.68 Å². The van der Waals surface area contributed by atoms with E-state index in [1.807, 2.05) is 39.2 Å². The highest BCUT2D eigenvalue weighted by atomic mass is 16.5. The fourth-order valence-electron chi connectivity index (χ4n) is 1.79. The molecule has 2 rings (SSSR count). The monoisotopic (exact) mass is 245 g/mol. The summed E-state index contributed by atoms with van der Waals surface area (Å²) in [5.41, 5.74) is 2.32. The first-order valence-electron chi connectivity index (χ1n) is 6.24. The average molecular weight is 245 g/mol. The second-order valence-corrected chi connectivity index (χ2v) is 4.69. The molecule has 0 fully saturated rings. The number of aryl methyl sites for hydroxylation is 3. The van der Waals surface area contributed by atoms with Crippen molar-refractivity contribution in [1.29, 1.82) is 0 Å². The topological polar surface area (TPSA) is 39.9 Å². The number of hydrogen-bond acceptors (Lipinski definition) is 3. The van der Waals surface area contributed by atoms with Crippen molar-refractivity contribution in [1.82, 2.24) is 15.0 Å². The molecule has 0 bridgehead atoms. The van der Waals surface area contributed by atoms with Crippen LogP contribution >= 0.6 is 0 Å². The second-order valence-electron chi connectivity index (χ2n) is 4.69. The fraction of sp³-hybridized carbons (Fsp3) is 0.429. The molecule has 1 heterocycles. The lowest BCUT2D eigenvalue weighted by Crippen LogP contribution is -2.05. The molecule has 0 saturated heterocycles. The van der Waals surface area contributed by atoms with Gasteiger partial charge in [0.05, 0.1) is 11.8 Å². The molecule has 4 nitrogen and oxygen atoms in total. The van der Waals surface area contributed by atoms with Crippen LogP contribution in [-0.4, -0.2) is 21.1 Å². The molecule has 0 saturated carbocycles. The zero-order chi connectivity index (χ0) is 13.0. The number of hydrogen-bond donors (Lipinski definition) is 0. The van der Waals surface area contributed by atoms with Gasteiger partial charge in [-0.05, 0) is 44.4 Å². The Bertz CT molecular complexity index is 488. The predicted molar refractivity (Wildman–Crippen MR) is 70.6 cm³/mol. The number of benzene rings is 1. The van der Waals surface area contributed by atoms with E-state index in [1.165, 1.54) is 5.56 Å². The van der Waals surface area contributed by atoms with Crippen molar-refractivity contribution in [2.24, 2.45) is 7.05 Å². The smallest absolute Gasteiger partial charge is 0.119 e. The maximum Gasteiger partial charge on any atom is 0.119 e. The van der Waals surface area contributed by atoms with Crippen LogP contribution in [0.3, 0.4) is 0 Å². The lowest BCUT2D eigenvalue weighted by Gasteiger charge is -2.09. The van der Waals surface area contributed by atoms with Crippen LogP contribution in [0.25, 0.3) is 0 Å². The van der Waals surface area contributed by atoms with Gasteiger partial charge in [-0.2, -0.15) is 0 Å². The van der Waals surface area contributed by atoms with Crippen molar-refractivity contribution in [3.63, 3.8) is 0 Å². The molecule has 0 atom stereocenters. The third kappa shape index (κ3) is 3.58. The van der Waals surface area contributed by atoms with E-state index in [9.17, 15) is 0 Å². The summed E-state index contributed by atoms with van der Waals surface area (Å²) in [6, 6.07) is 8.25. The molecule has 1 aromatic carbocycles. The summed E-state index contributed by atoms with van der Waals surface area (Å²) in [5, 5.41) is 8.00. The second kappa shape index (κ2) is 5.67. The molecule has 1 aromatic heterocycles. The van der Waals surface area contributed by atoms with Gasteiger partial charge in [-0.15, -0.1) is 5.10 Å². The summed E-state index contributed by atoms with van der Waals surface area (Å²) in [6.45, 7) is 4.06. The normalized spacial score (nSPS) is 10.9. The summed E-state index contributed by atoms with van der Waals surface area (Å²) >= 11 is 0. The maximum atomic E-state index is 5.61. The third-order valence-corrected chi connectivity index (χ3v) is 2.62. The zero-order valence-corrected chi connectivity index (χ0v) is 11.1. The Morgan fingerprint density at radius 3 is 2.44 bits per heavy atom. The first-order chi connectivity index (χ1) is 8.63. The van der Waals surface area contributed by atoms with Crippen molar-refractivity contribution in [3.8, 4) is 5.75 Å². The van der Waals surface area contributed by atoms with Crippen LogP contribution in [0.2, 0.25) is 0 Å². The molecule has 0 N–H and O–H groups in total. The molecule has 4 heteroatoms. The van der Waals surface area contributed by atoms with Gasteiger partial charge in [0.1, 0.15) is 5.75 Å². The standard InChI is InChI=1S/C14H19N3O/c1-11(2)18-14-8-5-12(6-9-14)4-7-13-10-17(3)16-15-13/h5-6,8-11H,4,7H2,1-3H3. The molecule has 0 spiro atoms. The minimum Gasteiger partial charge on any atom is -0.491 e. The molecule has 0 radical (unpaired) electrons. The maximum absolute atomic E-state index is 5.61. The highest BCUT2D eigenvalue weighted by Crippen LogP contribution is 2.14. The molecular weight excluding hydrogens is 226 g/mol. The van der Waals surface area contributed by atoms with Gasteiger partial charge >= 0.3 is 0 Å². The Hall–Kier alpha value is -1.84. The van der Waals surface area contributed by atoms with Crippen LogP contribution in [0.1, 0.15) is 25.1 Å². The summed E-state index contributed by atoms with van der Waals surface area (Å²) < 4.78 is 7.34. The van der Waals surface area contributed by atoms with Gasteiger partial charge in [0.15, 0.2) is 0 Å². The van der Waals surface area contributed by atoms with Crippen LogP contribution < -0.4 is 4.74 Å². The molecule has 0 aliphatic heterocycles. The average Bonchev–Trinajstić information content (AvgIpc) is 2.74. The third-order valence-electron chi connectivity index (χ3n) is 2.62. The summed E-state index contributed by atoms with van der Waals surface area (Å²) in [7, 11) is 1.88. The van der Waals surface area contributed by atoms with Crippen molar-refractivity contribution in [3.05, 3.63) is 41.7 Å². The van der Waals surface area contributed by atoms with E-state index in [-0.39, 0.29) is 6.10 Å². The number of aromatic nitrogens is 3. The van der Waals surface area contributed by atoms with Crippen LogP contribution in [0.5, 0.6) is 5.75 Å². The lowest BCUT2D eigenvalue weighted by atomic mass is 10.1. The van der Waals surface area contributed by atoms with E-state index in [0.29, 0.717) is 0 Å². The highest BCUT2D eigenvalue weighted by Gasteiger charge is 2.01. The SMILES string of the molecule is CC(C)Oc1ccc(CCc2cn(C)nn2)cc1. The Balaban J connectivity index is 1.90. The minimum atomic E-state index is 0.218. The predicted octanol–water partition coefficient (Wildman–Crippen LogP) is 2.39. The van der Waals surface area contributed by atoms with Crippen LogP contribution in [0.4, 0.5) is 0 Å². The van der Waals surface area contributed by atoms with Crippen molar-refractivity contribution in [2.45, 2.75) is 32.8 Å². The number of nitrogens with zero attached hydrogens (tertiary/aromatic N) is 3. The summed E-state index contributed by atoms with van der Waals surface area (Å²) in [4.78, 5) is 0. The fourth-order valence-corrected chi connectivity index (χ4v) is 1.79. The largest absolute Gasteiger partial charge is 0.491 e. The Labute approximate surface area is 108 Å². The van der Waals surface area contributed by atoms with E-state index in [2.05, 4.69) is 22.4 Å². The molecular formula is C14H19N3O. The minimum absolute atomic E-state index is 0.218. The Kier molecular flexibility index (Phi) is 3.97. The van der Waals surface area contributed by atoms with Crippen molar-refractivity contribution in [2.75, 3.05) is 0 Å². The van der Waals surface area contributed by atoms with E-state index in [1.54, 1.807) is 4.68 Å². The molecule has 2 aromatic rings. The first-order valence-corrected chi connectivity index (χ1v) is 6.24. The molecule has 0 unspecified atom stereocenters. The lowest BCUT2D eigenvalue weighted by molar-refractivity contribution is 0.242. The highest BCUT2D eigenvalue weighted by molar-refractivity contribution is 5.27. The van der Waals surface area contributed by atoms with Crippen molar-refractivity contribution < 1.29 is 4.74 Å². The molecule has 0 aliphatic rings. The molecule has 96 valence electrons. The molecule has 0 aliphatic carbocycles. The summed E-state index contributed by atoms with van der Waals surface area (Å²) in [5.74, 6) is 0.924. The van der Waals surface area contributed by atoms with Gasteiger partial charge in [-0.25, -0.2) is 0 Å². The van der Waals surface area contributed by atoms with Crippen molar-refractivity contribution >= 4 is 0 Å².